The number of phenolic OH excluding ortho intramolecular Hbond substituents is 1. The lowest BCUT2D eigenvalue weighted by Gasteiger charge is -2.24. The molecule has 1 aromatic heterocycles. The summed E-state index contributed by atoms with van der Waals surface area (Å²) in [6.45, 7) is 1.56. The Hall–Kier alpha value is -3.87. The van der Waals surface area contributed by atoms with E-state index in [1.165, 1.54) is 35.4 Å². The molecule has 2 aromatic carbocycles. The van der Waals surface area contributed by atoms with E-state index in [9.17, 15) is 24.2 Å². The van der Waals surface area contributed by atoms with Crippen LogP contribution < -0.4 is 0 Å². The maximum absolute atomic E-state index is 14.1. The van der Waals surface area contributed by atoms with Gasteiger partial charge in [-0.1, -0.05) is 24.3 Å². The minimum absolute atomic E-state index is 0.0169. The van der Waals surface area contributed by atoms with Crippen LogP contribution in [0.4, 0.5) is 4.39 Å². The van der Waals surface area contributed by atoms with E-state index in [1.54, 1.807) is 31.2 Å². The van der Waals surface area contributed by atoms with Crippen molar-refractivity contribution in [1.29, 1.82) is 0 Å². The van der Waals surface area contributed by atoms with Gasteiger partial charge in [0.2, 0.25) is 0 Å². The number of likely N-dealkylation sites (tertiary alicyclic amines) is 1. The van der Waals surface area contributed by atoms with Crippen molar-refractivity contribution in [2.75, 3.05) is 0 Å². The molecular weight excluding hydrogens is 389 g/mol. The molecule has 1 amide bonds. The van der Waals surface area contributed by atoms with Crippen LogP contribution in [-0.4, -0.2) is 26.8 Å². The van der Waals surface area contributed by atoms with Gasteiger partial charge in [-0.2, -0.15) is 0 Å². The van der Waals surface area contributed by atoms with Crippen LogP contribution in [0.2, 0.25) is 0 Å². The molecule has 2 heterocycles. The Labute approximate surface area is 171 Å². The zero-order valence-electron chi connectivity index (χ0n) is 16.0. The molecule has 0 bridgehead atoms. The second-order valence-corrected chi connectivity index (χ2v) is 7.07. The van der Waals surface area contributed by atoms with Crippen LogP contribution in [0.1, 0.15) is 28.5 Å². The monoisotopic (exact) mass is 407 g/mol. The number of halogens is 1. The fourth-order valence-corrected chi connectivity index (χ4v) is 3.55. The number of Topliss-reactive ketones (excluding diaryl/α,β-unsaturated/α-hetero) is 1. The third-order valence-corrected chi connectivity index (χ3v) is 5.08. The summed E-state index contributed by atoms with van der Waals surface area (Å²) in [5, 5.41) is 20.8. The lowest BCUT2D eigenvalue weighted by Crippen LogP contribution is -2.29. The molecule has 1 atom stereocenters. The molecule has 0 aliphatic carbocycles. The van der Waals surface area contributed by atoms with Crippen molar-refractivity contribution in [3.63, 3.8) is 0 Å². The number of amides is 1. The third-order valence-electron chi connectivity index (χ3n) is 5.08. The molecule has 1 fully saturated rings. The number of rotatable bonds is 4. The van der Waals surface area contributed by atoms with Crippen LogP contribution in [0.25, 0.3) is 5.76 Å². The maximum atomic E-state index is 14.1. The van der Waals surface area contributed by atoms with Gasteiger partial charge in [0.1, 0.15) is 23.1 Å². The van der Waals surface area contributed by atoms with Gasteiger partial charge in [0.25, 0.3) is 11.7 Å². The number of ketones is 1. The normalized spacial score (nSPS) is 18.2. The van der Waals surface area contributed by atoms with E-state index in [1.807, 2.05) is 0 Å². The average molecular weight is 407 g/mol. The number of aliphatic hydroxyl groups is 1. The van der Waals surface area contributed by atoms with Gasteiger partial charge in [-0.05, 0) is 48.4 Å². The van der Waals surface area contributed by atoms with Crippen molar-refractivity contribution in [2.24, 2.45) is 0 Å². The molecule has 152 valence electrons. The minimum atomic E-state index is -0.980. The molecule has 7 heteroatoms. The standard InChI is InChI=1S/C23H18FNO5/c1-13-7-8-15(11-18(13)24)21(27)19-20(14-4-2-5-16(26)10-14)25(23(29)22(19)28)12-17-6-3-9-30-17/h2-11,20,26-27H,12H2,1H3. The number of aromatic hydroxyl groups is 1. The zero-order chi connectivity index (χ0) is 21.4. The van der Waals surface area contributed by atoms with Gasteiger partial charge in [0.15, 0.2) is 0 Å². The first-order chi connectivity index (χ1) is 14.4. The minimum Gasteiger partial charge on any atom is -0.508 e. The highest BCUT2D eigenvalue weighted by molar-refractivity contribution is 6.46. The van der Waals surface area contributed by atoms with Crippen molar-refractivity contribution in [3.05, 3.63) is 94.7 Å². The number of phenols is 1. The Kier molecular flexibility index (Phi) is 4.87. The van der Waals surface area contributed by atoms with Gasteiger partial charge in [-0.3, -0.25) is 9.59 Å². The van der Waals surface area contributed by atoms with Gasteiger partial charge in [-0.15, -0.1) is 0 Å². The number of aryl methyl sites for hydroxylation is 1. The Morgan fingerprint density at radius 3 is 2.60 bits per heavy atom. The number of aliphatic hydroxyl groups excluding tert-OH is 1. The third kappa shape index (κ3) is 3.34. The van der Waals surface area contributed by atoms with E-state index < -0.39 is 29.3 Å². The van der Waals surface area contributed by atoms with Crippen molar-refractivity contribution in [1.82, 2.24) is 4.90 Å². The predicted molar refractivity (Wildman–Crippen MR) is 106 cm³/mol. The van der Waals surface area contributed by atoms with E-state index in [2.05, 4.69) is 0 Å². The molecule has 1 aliphatic heterocycles. The van der Waals surface area contributed by atoms with E-state index in [-0.39, 0.29) is 23.4 Å². The molecule has 4 rings (SSSR count). The first kappa shape index (κ1) is 19.4. The SMILES string of the molecule is Cc1ccc(C(O)=C2C(=O)C(=O)N(Cc3ccco3)C2c2cccc(O)c2)cc1F. The second kappa shape index (κ2) is 7.51. The fraction of sp³-hybridized carbons (Fsp3) is 0.130. The lowest BCUT2D eigenvalue weighted by molar-refractivity contribution is -0.140. The van der Waals surface area contributed by atoms with Crippen LogP contribution in [0.3, 0.4) is 0 Å². The van der Waals surface area contributed by atoms with Gasteiger partial charge in [-0.25, -0.2) is 4.39 Å². The lowest BCUT2D eigenvalue weighted by atomic mass is 9.95. The molecule has 3 aromatic rings. The highest BCUT2D eigenvalue weighted by Crippen LogP contribution is 2.41. The Bertz CT molecular complexity index is 1170. The quantitative estimate of drug-likeness (QED) is 0.387. The Balaban J connectivity index is 1.89. The van der Waals surface area contributed by atoms with E-state index in [4.69, 9.17) is 4.42 Å². The van der Waals surface area contributed by atoms with Crippen molar-refractivity contribution in [2.45, 2.75) is 19.5 Å². The summed E-state index contributed by atoms with van der Waals surface area (Å²) in [6.07, 6.45) is 1.45. The maximum Gasteiger partial charge on any atom is 0.296 e. The first-order valence-electron chi connectivity index (χ1n) is 9.23. The molecular formula is C23H18FNO5. The van der Waals surface area contributed by atoms with Crippen LogP contribution in [0, 0.1) is 12.7 Å². The molecule has 30 heavy (non-hydrogen) atoms. The zero-order valence-corrected chi connectivity index (χ0v) is 16.0. The van der Waals surface area contributed by atoms with Crippen LogP contribution in [0.15, 0.2) is 70.9 Å². The highest BCUT2D eigenvalue weighted by atomic mass is 19.1. The number of carbonyl (C=O) groups excluding carboxylic acids is 2. The van der Waals surface area contributed by atoms with E-state index in [0.717, 1.165) is 6.07 Å². The Morgan fingerprint density at radius 1 is 1.13 bits per heavy atom. The molecule has 0 radical (unpaired) electrons. The number of nitrogens with zero attached hydrogens (tertiary/aromatic N) is 1. The van der Waals surface area contributed by atoms with Crippen molar-refractivity contribution < 1.29 is 28.6 Å². The van der Waals surface area contributed by atoms with Gasteiger partial charge in [0, 0.05) is 5.56 Å². The topological polar surface area (TPSA) is 91.0 Å². The number of benzene rings is 2. The molecule has 1 saturated heterocycles. The van der Waals surface area contributed by atoms with Crippen LogP contribution in [0.5, 0.6) is 5.75 Å². The smallest absolute Gasteiger partial charge is 0.296 e. The summed E-state index contributed by atoms with van der Waals surface area (Å²) in [6, 6.07) is 12.5. The number of hydrogen-bond acceptors (Lipinski definition) is 5. The molecule has 1 aliphatic rings. The molecule has 6 nitrogen and oxygen atoms in total. The largest absolute Gasteiger partial charge is 0.508 e. The summed E-state index contributed by atoms with van der Waals surface area (Å²) >= 11 is 0. The van der Waals surface area contributed by atoms with Crippen molar-refractivity contribution in [3.8, 4) is 5.75 Å². The second-order valence-electron chi connectivity index (χ2n) is 7.07. The van der Waals surface area contributed by atoms with Gasteiger partial charge < -0.3 is 19.5 Å². The summed E-state index contributed by atoms with van der Waals surface area (Å²) in [7, 11) is 0. The van der Waals surface area contributed by atoms with Crippen molar-refractivity contribution >= 4 is 17.4 Å². The average Bonchev–Trinajstić information content (AvgIpc) is 3.32. The van der Waals surface area contributed by atoms with Crippen LogP contribution >= 0.6 is 0 Å². The molecule has 0 spiro atoms. The molecule has 1 unspecified atom stereocenters. The Morgan fingerprint density at radius 2 is 1.93 bits per heavy atom. The number of carbonyl (C=O) groups is 2. The summed E-state index contributed by atoms with van der Waals surface area (Å²) in [5.41, 5.74) is 0.712. The van der Waals surface area contributed by atoms with E-state index in [0.29, 0.717) is 16.9 Å². The van der Waals surface area contributed by atoms with Crippen LogP contribution in [-0.2, 0) is 16.1 Å². The number of furan rings is 1. The van der Waals surface area contributed by atoms with Gasteiger partial charge >= 0.3 is 0 Å². The summed E-state index contributed by atoms with van der Waals surface area (Å²) < 4.78 is 19.4. The summed E-state index contributed by atoms with van der Waals surface area (Å²) in [4.78, 5) is 27.0. The fourth-order valence-electron chi connectivity index (χ4n) is 3.55. The molecule has 0 saturated carbocycles. The highest BCUT2D eigenvalue weighted by Gasteiger charge is 2.46. The first-order valence-corrected chi connectivity index (χ1v) is 9.23. The van der Waals surface area contributed by atoms with Gasteiger partial charge in [0.05, 0.1) is 24.4 Å². The molecule has 2 N–H and O–H groups in total. The van der Waals surface area contributed by atoms with E-state index >= 15 is 0 Å². The predicted octanol–water partition coefficient (Wildman–Crippen LogP) is 4.05. The number of hydrogen-bond donors (Lipinski definition) is 2. The summed E-state index contributed by atoms with van der Waals surface area (Å²) in [5.74, 6) is -2.36.